The fraction of sp³-hybridized carbons (Fsp3) is 0.471. The third kappa shape index (κ3) is 2.63. The maximum absolute atomic E-state index is 5.69. The van der Waals surface area contributed by atoms with Gasteiger partial charge in [0, 0.05) is 24.2 Å². The maximum atomic E-state index is 5.69. The van der Waals surface area contributed by atoms with Gasteiger partial charge in [0.05, 0.1) is 0 Å². The molecular formula is C17H23N3. The molecule has 1 fully saturated rings. The van der Waals surface area contributed by atoms with E-state index in [1.54, 1.807) is 0 Å². The first-order valence-electron chi connectivity index (χ1n) is 7.70. The van der Waals surface area contributed by atoms with Gasteiger partial charge in [0.25, 0.3) is 0 Å². The Hall–Kier alpha value is -1.61. The highest BCUT2D eigenvalue weighted by atomic mass is 15.2. The van der Waals surface area contributed by atoms with E-state index in [1.165, 1.54) is 36.5 Å². The highest BCUT2D eigenvalue weighted by Crippen LogP contribution is 2.31. The average Bonchev–Trinajstić information content (AvgIpc) is 2.53. The van der Waals surface area contributed by atoms with Gasteiger partial charge in [-0.05, 0) is 50.1 Å². The van der Waals surface area contributed by atoms with Gasteiger partial charge in [-0.1, -0.05) is 24.3 Å². The van der Waals surface area contributed by atoms with E-state index in [2.05, 4.69) is 40.2 Å². The van der Waals surface area contributed by atoms with Gasteiger partial charge < -0.3 is 10.6 Å². The van der Waals surface area contributed by atoms with Crippen molar-refractivity contribution in [3.63, 3.8) is 0 Å². The predicted octanol–water partition coefficient (Wildman–Crippen LogP) is 3.33. The van der Waals surface area contributed by atoms with E-state index in [4.69, 9.17) is 5.73 Å². The molecule has 1 saturated heterocycles. The monoisotopic (exact) mass is 269 g/mol. The molecule has 0 aliphatic carbocycles. The Morgan fingerprint density at radius 3 is 3.00 bits per heavy atom. The molecule has 20 heavy (non-hydrogen) atoms. The van der Waals surface area contributed by atoms with Gasteiger partial charge in [-0.25, -0.2) is 4.98 Å². The summed E-state index contributed by atoms with van der Waals surface area (Å²) in [6, 6.07) is 11.2. The SMILES string of the molecule is NCCCC1CCCCN1c1nccc2ccccc12. The Balaban J connectivity index is 1.95. The molecule has 0 saturated carbocycles. The third-order valence-electron chi connectivity index (χ3n) is 4.29. The van der Waals surface area contributed by atoms with Crippen LogP contribution in [0.1, 0.15) is 32.1 Å². The second-order valence-electron chi connectivity index (χ2n) is 5.63. The largest absolute Gasteiger partial charge is 0.353 e. The van der Waals surface area contributed by atoms with Crippen LogP contribution in [0.25, 0.3) is 10.8 Å². The molecule has 106 valence electrons. The van der Waals surface area contributed by atoms with Gasteiger partial charge in [0.2, 0.25) is 0 Å². The quantitative estimate of drug-likeness (QED) is 0.925. The van der Waals surface area contributed by atoms with E-state index >= 15 is 0 Å². The second-order valence-corrected chi connectivity index (χ2v) is 5.63. The van der Waals surface area contributed by atoms with E-state index in [-0.39, 0.29) is 0 Å². The molecule has 3 nitrogen and oxygen atoms in total. The normalized spacial score (nSPS) is 19.4. The minimum atomic E-state index is 0.602. The number of piperidine rings is 1. The highest BCUT2D eigenvalue weighted by molar-refractivity contribution is 5.92. The number of nitrogens with two attached hydrogens (primary N) is 1. The molecule has 1 aromatic heterocycles. The summed E-state index contributed by atoms with van der Waals surface area (Å²) in [5, 5.41) is 2.55. The summed E-state index contributed by atoms with van der Waals surface area (Å²) in [5.41, 5.74) is 5.69. The summed E-state index contributed by atoms with van der Waals surface area (Å²) in [7, 11) is 0. The fourth-order valence-electron chi connectivity index (χ4n) is 3.27. The molecule has 2 N–H and O–H groups in total. The molecular weight excluding hydrogens is 246 g/mol. The summed E-state index contributed by atoms with van der Waals surface area (Å²) in [4.78, 5) is 7.20. The van der Waals surface area contributed by atoms with Crippen LogP contribution in [0, 0.1) is 0 Å². The van der Waals surface area contributed by atoms with E-state index in [1.807, 2.05) is 6.20 Å². The first-order valence-corrected chi connectivity index (χ1v) is 7.70. The van der Waals surface area contributed by atoms with Crippen molar-refractivity contribution in [2.45, 2.75) is 38.1 Å². The van der Waals surface area contributed by atoms with Crippen LogP contribution in [0.2, 0.25) is 0 Å². The number of aromatic nitrogens is 1. The zero-order chi connectivity index (χ0) is 13.8. The Morgan fingerprint density at radius 2 is 2.10 bits per heavy atom. The number of hydrogen-bond donors (Lipinski definition) is 1. The lowest BCUT2D eigenvalue weighted by molar-refractivity contribution is 0.429. The lowest BCUT2D eigenvalue weighted by Crippen LogP contribution is -2.40. The lowest BCUT2D eigenvalue weighted by Gasteiger charge is -2.37. The van der Waals surface area contributed by atoms with Gasteiger partial charge >= 0.3 is 0 Å². The Labute approximate surface area is 120 Å². The van der Waals surface area contributed by atoms with Crippen LogP contribution >= 0.6 is 0 Å². The van der Waals surface area contributed by atoms with Gasteiger partial charge in [0.1, 0.15) is 5.82 Å². The highest BCUT2D eigenvalue weighted by Gasteiger charge is 2.24. The van der Waals surface area contributed by atoms with Crippen molar-refractivity contribution in [3.8, 4) is 0 Å². The first-order chi connectivity index (χ1) is 9.90. The Bertz CT molecular complexity index is 562. The molecule has 3 heteroatoms. The predicted molar refractivity (Wildman–Crippen MR) is 85.0 cm³/mol. The molecule has 3 rings (SSSR count). The van der Waals surface area contributed by atoms with Crippen molar-refractivity contribution < 1.29 is 0 Å². The summed E-state index contributed by atoms with van der Waals surface area (Å²) in [5.74, 6) is 1.16. The van der Waals surface area contributed by atoms with E-state index in [9.17, 15) is 0 Å². The number of nitrogens with zero attached hydrogens (tertiary/aromatic N) is 2. The number of pyridine rings is 1. The summed E-state index contributed by atoms with van der Waals surface area (Å²) in [6.45, 7) is 1.91. The molecule has 1 aromatic carbocycles. The van der Waals surface area contributed by atoms with Crippen LogP contribution in [-0.4, -0.2) is 24.1 Å². The van der Waals surface area contributed by atoms with Crippen LogP contribution in [0.4, 0.5) is 5.82 Å². The molecule has 1 unspecified atom stereocenters. The van der Waals surface area contributed by atoms with E-state index in [0.29, 0.717) is 6.04 Å². The maximum Gasteiger partial charge on any atom is 0.136 e. The van der Waals surface area contributed by atoms with Crippen molar-refractivity contribution in [1.29, 1.82) is 0 Å². The minimum absolute atomic E-state index is 0.602. The third-order valence-corrected chi connectivity index (χ3v) is 4.29. The van der Waals surface area contributed by atoms with Crippen molar-refractivity contribution in [2.24, 2.45) is 5.73 Å². The van der Waals surface area contributed by atoms with Crippen molar-refractivity contribution in [2.75, 3.05) is 18.0 Å². The molecule has 2 heterocycles. The van der Waals surface area contributed by atoms with Crippen LogP contribution in [0.15, 0.2) is 36.5 Å². The molecule has 0 radical (unpaired) electrons. The van der Waals surface area contributed by atoms with Crippen LogP contribution < -0.4 is 10.6 Å². The van der Waals surface area contributed by atoms with Crippen molar-refractivity contribution in [3.05, 3.63) is 36.5 Å². The van der Waals surface area contributed by atoms with Gasteiger partial charge in [0.15, 0.2) is 0 Å². The van der Waals surface area contributed by atoms with Crippen LogP contribution in [-0.2, 0) is 0 Å². The zero-order valence-corrected chi connectivity index (χ0v) is 12.0. The second kappa shape index (κ2) is 6.23. The number of hydrogen-bond acceptors (Lipinski definition) is 3. The zero-order valence-electron chi connectivity index (χ0n) is 12.0. The first kappa shape index (κ1) is 13.4. The lowest BCUT2D eigenvalue weighted by atomic mass is 9.97. The molecule has 0 amide bonds. The Kier molecular flexibility index (Phi) is 4.16. The van der Waals surface area contributed by atoms with Gasteiger partial charge in [-0.15, -0.1) is 0 Å². The number of rotatable bonds is 4. The van der Waals surface area contributed by atoms with E-state index < -0.39 is 0 Å². The molecule has 1 atom stereocenters. The van der Waals surface area contributed by atoms with Crippen molar-refractivity contribution in [1.82, 2.24) is 4.98 Å². The molecule has 1 aliphatic rings. The summed E-state index contributed by atoms with van der Waals surface area (Å²) in [6.07, 6.45) is 8.09. The summed E-state index contributed by atoms with van der Waals surface area (Å²) < 4.78 is 0. The number of anilines is 1. The minimum Gasteiger partial charge on any atom is -0.353 e. The number of benzene rings is 1. The molecule has 1 aliphatic heterocycles. The molecule has 2 aromatic rings. The van der Waals surface area contributed by atoms with Gasteiger partial charge in [-0.2, -0.15) is 0 Å². The van der Waals surface area contributed by atoms with E-state index in [0.717, 1.165) is 25.3 Å². The van der Waals surface area contributed by atoms with Crippen LogP contribution in [0.3, 0.4) is 0 Å². The Morgan fingerprint density at radius 1 is 1.20 bits per heavy atom. The van der Waals surface area contributed by atoms with Crippen molar-refractivity contribution >= 4 is 16.6 Å². The van der Waals surface area contributed by atoms with Gasteiger partial charge in [-0.3, -0.25) is 0 Å². The van der Waals surface area contributed by atoms with Crippen LogP contribution in [0.5, 0.6) is 0 Å². The molecule has 0 bridgehead atoms. The molecule has 0 spiro atoms. The smallest absolute Gasteiger partial charge is 0.136 e. The summed E-state index contributed by atoms with van der Waals surface area (Å²) >= 11 is 0. The topological polar surface area (TPSA) is 42.1 Å². The standard InChI is InChI=1S/C17H23N3/c18-11-5-8-15-7-3-4-13-20(15)17-16-9-2-1-6-14(16)10-12-19-17/h1-2,6,9-10,12,15H,3-5,7-8,11,13,18H2. The number of fused-ring (bicyclic) bond motifs is 1. The fourth-order valence-corrected chi connectivity index (χ4v) is 3.27. The average molecular weight is 269 g/mol.